The Morgan fingerprint density at radius 1 is 1.02 bits per heavy atom. The molecule has 2 aromatic carbocycles. The smallest absolute Gasteiger partial charge is 0.427 e. The minimum absolute atomic E-state index is 0.0506. The molecule has 254 valence electrons. The molecule has 1 saturated heterocycles. The van der Waals surface area contributed by atoms with Crippen molar-refractivity contribution >= 4 is 11.9 Å². The third kappa shape index (κ3) is 6.74. The van der Waals surface area contributed by atoms with Crippen LogP contribution in [0.25, 0.3) is 0 Å². The largest absolute Gasteiger partial charge is 0.493 e. The van der Waals surface area contributed by atoms with Crippen LogP contribution in [0.3, 0.4) is 0 Å². The molecule has 4 rings (SSSR count). The molecule has 0 spiro atoms. The number of hydrogen-bond donors (Lipinski definition) is 2. The van der Waals surface area contributed by atoms with Crippen LogP contribution in [0.2, 0.25) is 0 Å². The molecular formula is C33H41F5N2O6. The number of urea groups is 1. The first-order valence-electron chi connectivity index (χ1n) is 15.6. The highest BCUT2D eigenvalue weighted by atomic mass is 19.4. The zero-order valence-electron chi connectivity index (χ0n) is 26.4. The maximum atomic E-state index is 13.7. The van der Waals surface area contributed by atoms with E-state index >= 15 is 0 Å². The first-order valence-corrected chi connectivity index (χ1v) is 15.6. The zero-order valence-corrected chi connectivity index (χ0v) is 26.4. The molecule has 1 fully saturated rings. The predicted molar refractivity (Wildman–Crippen MR) is 159 cm³/mol. The van der Waals surface area contributed by atoms with E-state index in [4.69, 9.17) is 14.2 Å². The van der Waals surface area contributed by atoms with Crippen molar-refractivity contribution in [1.29, 1.82) is 0 Å². The summed E-state index contributed by atoms with van der Waals surface area (Å²) in [4.78, 5) is 27.7. The number of benzene rings is 2. The molecular weight excluding hydrogens is 615 g/mol. The van der Waals surface area contributed by atoms with E-state index in [0.717, 1.165) is 17.0 Å². The Morgan fingerprint density at radius 3 is 2.30 bits per heavy atom. The Hall–Kier alpha value is -3.61. The van der Waals surface area contributed by atoms with Gasteiger partial charge in [-0.25, -0.2) is 13.6 Å². The fourth-order valence-electron chi connectivity index (χ4n) is 5.94. The summed E-state index contributed by atoms with van der Waals surface area (Å²) in [6.07, 6.45) is -7.65. The predicted octanol–water partition coefficient (Wildman–Crippen LogP) is 6.64. The Kier molecular flexibility index (Phi) is 10.7. The van der Waals surface area contributed by atoms with Crippen molar-refractivity contribution in [2.75, 3.05) is 26.4 Å². The Morgan fingerprint density at radius 2 is 1.70 bits per heavy atom. The highest BCUT2D eigenvalue weighted by Crippen LogP contribution is 2.46. The number of aryl methyl sites for hydroxylation is 1. The zero-order chi connectivity index (χ0) is 33.9. The molecule has 2 heterocycles. The van der Waals surface area contributed by atoms with Gasteiger partial charge in [0.2, 0.25) is 5.60 Å². The second-order valence-corrected chi connectivity index (χ2v) is 12.1. The summed E-state index contributed by atoms with van der Waals surface area (Å²) in [5.41, 5.74) is -5.34. The summed E-state index contributed by atoms with van der Waals surface area (Å²) in [5, 5.41) is 13.1. The first-order chi connectivity index (χ1) is 21.7. The number of rotatable bonds is 14. The van der Waals surface area contributed by atoms with E-state index in [0.29, 0.717) is 72.8 Å². The van der Waals surface area contributed by atoms with Gasteiger partial charge in [0.15, 0.2) is 11.5 Å². The van der Waals surface area contributed by atoms with Crippen molar-refractivity contribution in [1.82, 2.24) is 10.2 Å². The molecule has 0 aliphatic carbocycles. The van der Waals surface area contributed by atoms with Crippen LogP contribution in [-0.2, 0) is 28.8 Å². The summed E-state index contributed by atoms with van der Waals surface area (Å²) < 4.78 is 85.9. The molecule has 0 saturated carbocycles. The van der Waals surface area contributed by atoms with E-state index < -0.39 is 41.2 Å². The lowest BCUT2D eigenvalue weighted by molar-refractivity contribution is -0.305. The lowest BCUT2D eigenvalue weighted by Gasteiger charge is -2.31. The van der Waals surface area contributed by atoms with Gasteiger partial charge in [0.25, 0.3) is 12.3 Å². The molecule has 46 heavy (non-hydrogen) atoms. The van der Waals surface area contributed by atoms with Gasteiger partial charge in [-0.1, -0.05) is 40.2 Å². The molecule has 2 unspecified atom stereocenters. The van der Waals surface area contributed by atoms with E-state index in [9.17, 15) is 36.6 Å². The maximum absolute atomic E-state index is 13.7. The maximum Gasteiger partial charge on any atom is 0.427 e. The quantitative estimate of drug-likeness (QED) is 0.135. The van der Waals surface area contributed by atoms with Gasteiger partial charge in [0.05, 0.1) is 6.61 Å². The molecule has 2 aliphatic heterocycles. The fourth-order valence-corrected chi connectivity index (χ4v) is 5.94. The Balaban J connectivity index is 1.48. The summed E-state index contributed by atoms with van der Waals surface area (Å²) in [5.74, 6) is 0.919. The standard InChI is InChI=1S/C33H41F5N2O6/c1-5-9-21-17-24(32(43,28(34)35)33(36,37)38)18-22(16-20(3)4)27(21)46-13-8-7-12-40-29(41)31(6-2,39-30(40)42)23-10-11-25-26(19-23)45-15-14-44-25/h10-11,17-20,28,43H,5-9,12-16H2,1-4H3,(H,39,42). The van der Waals surface area contributed by atoms with Gasteiger partial charge in [-0.05, 0) is 84.5 Å². The molecule has 2 aromatic rings. The number of fused-ring (bicyclic) bond motifs is 1. The number of nitrogens with one attached hydrogen (secondary N) is 1. The van der Waals surface area contributed by atoms with E-state index in [1.165, 1.54) is 0 Å². The van der Waals surface area contributed by atoms with Crippen molar-refractivity contribution in [3.05, 3.63) is 52.6 Å². The number of carbonyl (C=O) groups is 2. The number of alkyl halides is 5. The first kappa shape index (κ1) is 35.2. The van der Waals surface area contributed by atoms with Crippen molar-refractivity contribution in [2.45, 2.75) is 90.0 Å². The number of nitrogens with zero attached hydrogens (tertiary/aromatic N) is 1. The molecule has 2 atom stereocenters. The van der Waals surface area contributed by atoms with Crippen LogP contribution >= 0.6 is 0 Å². The van der Waals surface area contributed by atoms with Crippen molar-refractivity contribution in [3.63, 3.8) is 0 Å². The van der Waals surface area contributed by atoms with Gasteiger partial charge < -0.3 is 24.6 Å². The minimum Gasteiger partial charge on any atom is -0.493 e. The minimum atomic E-state index is -5.60. The van der Waals surface area contributed by atoms with Crippen LogP contribution in [0.5, 0.6) is 17.2 Å². The topological polar surface area (TPSA) is 97.3 Å². The van der Waals surface area contributed by atoms with Crippen molar-refractivity contribution < 1.29 is 50.9 Å². The lowest BCUT2D eigenvalue weighted by atomic mass is 9.87. The highest BCUT2D eigenvalue weighted by Gasteiger charge is 2.62. The highest BCUT2D eigenvalue weighted by molar-refractivity contribution is 6.07. The molecule has 3 amide bonds. The molecule has 13 heteroatoms. The third-order valence-corrected chi connectivity index (χ3v) is 8.34. The SMILES string of the molecule is CCCc1cc(C(O)(C(F)F)C(F)(F)F)cc(CC(C)C)c1OCCCCN1C(=O)NC(CC)(c2ccc3c(c2)OCCO3)C1=O. The number of halogens is 5. The molecule has 2 aliphatic rings. The van der Waals surface area contributed by atoms with Gasteiger partial charge in [-0.3, -0.25) is 9.69 Å². The van der Waals surface area contributed by atoms with E-state index in [1.807, 2.05) is 13.8 Å². The van der Waals surface area contributed by atoms with Gasteiger partial charge in [0.1, 0.15) is 24.5 Å². The van der Waals surface area contributed by atoms with Crippen LogP contribution in [0.15, 0.2) is 30.3 Å². The Labute approximate surface area is 265 Å². The van der Waals surface area contributed by atoms with Crippen LogP contribution in [-0.4, -0.2) is 60.9 Å². The second-order valence-electron chi connectivity index (χ2n) is 12.1. The van der Waals surface area contributed by atoms with Gasteiger partial charge >= 0.3 is 12.2 Å². The number of ether oxygens (including phenoxy) is 3. The number of aliphatic hydroxyl groups is 1. The average Bonchev–Trinajstić information content (AvgIpc) is 3.25. The Bertz CT molecular complexity index is 1420. The molecule has 2 N–H and O–H groups in total. The summed E-state index contributed by atoms with van der Waals surface area (Å²) in [7, 11) is 0. The molecule has 0 radical (unpaired) electrons. The third-order valence-electron chi connectivity index (χ3n) is 8.34. The fraction of sp³-hybridized carbons (Fsp3) is 0.576. The van der Waals surface area contributed by atoms with Crippen LogP contribution in [0.1, 0.15) is 75.6 Å². The van der Waals surface area contributed by atoms with E-state index in [2.05, 4.69) is 5.32 Å². The summed E-state index contributed by atoms with van der Waals surface area (Å²) in [6, 6.07) is 6.54. The summed E-state index contributed by atoms with van der Waals surface area (Å²) >= 11 is 0. The number of hydrogen-bond acceptors (Lipinski definition) is 6. The average molecular weight is 657 g/mol. The monoisotopic (exact) mass is 656 g/mol. The summed E-state index contributed by atoms with van der Waals surface area (Å²) in [6.45, 7) is 8.26. The lowest BCUT2D eigenvalue weighted by Crippen LogP contribution is -2.48. The molecule has 0 aromatic heterocycles. The molecule has 8 nitrogen and oxygen atoms in total. The van der Waals surface area contributed by atoms with Gasteiger partial charge in [-0.15, -0.1) is 0 Å². The van der Waals surface area contributed by atoms with Crippen molar-refractivity contribution in [2.24, 2.45) is 5.92 Å². The number of unbranched alkanes of at least 4 members (excludes halogenated alkanes) is 1. The van der Waals surface area contributed by atoms with Crippen LogP contribution < -0.4 is 19.5 Å². The normalized spacial score (nSPS) is 19.5. The van der Waals surface area contributed by atoms with Crippen LogP contribution in [0, 0.1) is 5.92 Å². The van der Waals surface area contributed by atoms with Crippen LogP contribution in [0.4, 0.5) is 26.7 Å². The number of carbonyl (C=O) groups excluding carboxylic acids is 2. The van der Waals surface area contributed by atoms with Gasteiger partial charge in [0, 0.05) is 6.54 Å². The molecule has 0 bridgehead atoms. The van der Waals surface area contributed by atoms with E-state index in [-0.39, 0.29) is 31.9 Å². The van der Waals surface area contributed by atoms with E-state index in [1.54, 1.807) is 32.0 Å². The number of imide groups is 1. The van der Waals surface area contributed by atoms with Crippen molar-refractivity contribution in [3.8, 4) is 17.2 Å². The van der Waals surface area contributed by atoms with Gasteiger partial charge in [-0.2, -0.15) is 13.2 Å². The number of amides is 3. The second kappa shape index (κ2) is 14.0.